The molecule has 0 radical (unpaired) electrons. The van der Waals surface area contributed by atoms with Gasteiger partial charge in [-0.05, 0) is 20.8 Å². The Morgan fingerprint density at radius 3 is 2.44 bits per heavy atom. The van der Waals surface area contributed by atoms with Gasteiger partial charge >= 0.3 is 0 Å². The molecule has 18 heavy (non-hydrogen) atoms. The summed E-state index contributed by atoms with van der Waals surface area (Å²) >= 11 is 0. The first-order valence-corrected chi connectivity index (χ1v) is 5.83. The molecule has 106 valence electrons. The van der Waals surface area contributed by atoms with Gasteiger partial charge in [0.15, 0.2) is 5.96 Å². The van der Waals surface area contributed by atoms with Gasteiger partial charge in [-0.3, -0.25) is 9.79 Å². The number of carbonyl (C=O) groups is 1. The average molecular weight is 368 g/mol. The molecule has 6 heteroatoms. The van der Waals surface area contributed by atoms with E-state index in [9.17, 15) is 4.79 Å². The number of halogens is 1. The largest absolute Gasteiger partial charge is 0.359 e. The third-order valence-corrected chi connectivity index (χ3v) is 2.23. The number of aliphatic imine (C=N–C) groups is 1. The number of rotatable bonds is 6. The molecule has 0 bridgehead atoms. The van der Waals surface area contributed by atoms with Gasteiger partial charge in [0, 0.05) is 20.1 Å². The molecule has 0 aromatic heterocycles. The molecule has 0 aliphatic rings. The normalized spacial score (nSPS) is 11.2. The number of nitrogens with one attached hydrogen (secondary N) is 3. The molecule has 1 amide bonds. The van der Waals surface area contributed by atoms with E-state index in [0.29, 0.717) is 19.0 Å². The summed E-state index contributed by atoms with van der Waals surface area (Å²) in [7, 11) is 1.63. The molecule has 0 unspecified atom stereocenters. The first-order valence-electron chi connectivity index (χ1n) is 5.83. The van der Waals surface area contributed by atoms with Crippen LogP contribution in [0.4, 0.5) is 0 Å². The molecule has 0 aromatic carbocycles. The summed E-state index contributed by atoms with van der Waals surface area (Å²) in [5.74, 6) is 0.685. The van der Waals surface area contributed by atoms with Gasteiger partial charge in [0.25, 0.3) is 0 Å². The molecule has 0 saturated carbocycles. The van der Waals surface area contributed by atoms with E-state index in [1.807, 2.05) is 20.8 Å². The molecule has 3 N–H and O–H groups in total. The minimum atomic E-state index is -0.509. The summed E-state index contributed by atoms with van der Waals surface area (Å²) in [5, 5.41) is 8.83. The van der Waals surface area contributed by atoms with Crippen LogP contribution in [0.2, 0.25) is 0 Å². The van der Waals surface area contributed by atoms with Crippen LogP contribution < -0.4 is 16.0 Å². The highest BCUT2D eigenvalue weighted by molar-refractivity contribution is 14.0. The molecule has 5 nitrogen and oxygen atoms in total. The predicted molar refractivity (Wildman–Crippen MR) is 87.4 cm³/mol. The van der Waals surface area contributed by atoms with Crippen molar-refractivity contribution in [2.75, 3.05) is 26.7 Å². The monoisotopic (exact) mass is 368 g/mol. The Balaban J connectivity index is 0. The third kappa shape index (κ3) is 7.52. The molecular weight excluding hydrogens is 343 g/mol. The highest BCUT2D eigenvalue weighted by Gasteiger charge is 2.26. The van der Waals surface area contributed by atoms with Gasteiger partial charge in [-0.1, -0.05) is 6.08 Å². The Bertz CT molecular complexity index is 290. The smallest absolute Gasteiger partial charge is 0.227 e. The van der Waals surface area contributed by atoms with Crippen molar-refractivity contribution in [1.82, 2.24) is 16.0 Å². The van der Waals surface area contributed by atoms with Crippen molar-refractivity contribution >= 4 is 35.8 Å². The zero-order chi connectivity index (χ0) is 13.3. The van der Waals surface area contributed by atoms with Crippen LogP contribution >= 0.6 is 24.0 Å². The summed E-state index contributed by atoms with van der Waals surface area (Å²) in [6.07, 6.45) is 1.76. The predicted octanol–water partition coefficient (Wildman–Crippen LogP) is 1.12. The second kappa shape index (κ2) is 10.2. The topological polar surface area (TPSA) is 65.5 Å². The van der Waals surface area contributed by atoms with Crippen molar-refractivity contribution in [3.63, 3.8) is 0 Å². The summed E-state index contributed by atoms with van der Waals surface area (Å²) in [5.41, 5.74) is -0.509. The van der Waals surface area contributed by atoms with Crippen LogP contribution in [-0.2, 0) is 4.79 Å². The lowest BCUT2D eigenvalue weighted by atomic mass is 9.93. The van der Waals surface area contributed by atoms with Crippen LogP contribution in [0, 0.1) is 5.41 Å². The van der Waals surface area contributed by atoms with Crippen molar-refractivity contribution in [2.45, 2.75) is 20.8 Å². The van der Waals surface area contributed by atoms with Crippen LogP contribution in [0.25, 0.3) is 0 Å². The van der Waals surface area contributed by atoms with E-state index in [4.69, 9.17) is 0 Å². The Morgan fingerprint density at radius 1 is 1.39 bits per heavy atom. The summed E-state index contributed by atoms with van der Waals surface area (Å²) in [6, 6.07) is 0. The maximum atomic E-state index is 11.6. The van der Waals surface area contributed by atoms with Crippen molar-refractivity contribution in [1.29, 1.82) is 0 Å². The molecule has 0 saturated heterocycles. The maximum absolute atomic E-state index is 11.6. The fraction of sp³-hybridized carbons (Fsp3) is 0.667. The van der Waals surface area contributed by atoms with Crippen molar-refractivity contribution in [3.8, 4) is 0 Å². The van der Waals surface area contributed by atoms with Crippen LogP contribution in [0.15, 0.2) is 17.6 Å². The molecular formula is C12H25IN4O. The van der Waals surface area contributed by atoms with Gasteiger partial charge < -0.3 is 16.0 Å². The number of hydrogen-bond acceptors (Lipinski definition) is 2. The van der Waals surface area contributed by atoms with Crippen LogP contribution in [-0.4, -0.2) is 38.5 Å². The van der Waals surface area contributed by atoms with Gasteiger partial charge in [0.05, 0.1) is 12.0 Å². The Kier molecular flexibility index (Phi) is 11.0. The van der Waals surface area contributed by atoms with Crippen molar-refractivity contribution < 1.29 is 4.79 Å². The molecule has 0 aliphatic heterocycles. The minimum absolute atomic E-state index is 0. The number of nitrogens with zero attached hydrogens (tertiary/aromatic N) is 1. The van der Waals surface area contributed by atoms with E-state index < -0.39 is 5.41 Å². The maximum Gasteiger partial charge on any atom is 0.227 e. The van der Waals surface area contributed by atoms with Crippen molar-refractivity contribution in [2.24, 2.45) is 10.4 Å². The SMILES string of the molecule is C=CCNC(=NCC(C)(C)C(=O)NC)NCC.I. The van der Waals surface area contributed by atoms with Gasteiger partial charge in [0.1, 0.15) is 0 Å². The van der Waals surface area contributed by atoms with Gasteiger partial charge in [0.2, 0.25) is 5.91 Å². The first kappa shape index (κ1) is 19.5. The van der Waals surface area contributed by atoms with Gasteiger partial charge in [-0.15, -0.1) is 30.6 Å². The standard InChI is InChI=1S/C12H24N4O.HI/c1-6-8-15-11(14-7-2)16-9-12(3,4)10(17)13-5;/h6H,1,7-9H2,2-5H3,(H,13,17)(H2,14,15,16);1H. The van der Waals surface area contributed by atoms with E-state index >= 15 is 0 Å². The average Bonchev–Trinajstić information content (AvgIpc) is 2.31. The zero-order valence-corrected chi connectivity index (χ0v) is 14.0. The summed E-state index contributed by atoms with van der Waals surface area (Å²) < 4.78 is 0. The second-order valence-electron chi connectivity index (χ2n) is 4.33. The van der Waals surface area contributed by atoms with Crippen LogP contribution in [0.1, 0.15) is 20.8 Å². The molecule has 0 aromatic rings. The Morgan fingerprint density at radius 2 is 2.00 bits per heavy atom. The first-order chi connectivity index (χ1) is 7.97. The fourth-order valence-corrected chi connectivity index (χ4v) is 1.20. The van der Waals surface area contributed by atoms with E-state index in [1.54, 1.807) is 13.1 Å². The highest BCUT2D eigenvalue weighted by Crippen LogP contribution is 2.14. The van der Waals surface area contributed by atoms with E-state index in [2.05, 4.69) is 27.5 Å². The third-order valence-electron chi connectivity index (χ3n) is 2.23. The lowest BCUT2D eigenvalue weighted by Crippen LogP contribution is -2.40. The van der Waals surface area contributed by atoms with E-state index in [0.717, 1.165) is 6.54 Å². The van der Waals surface area contributed by atoms with Crippen LogP contribution in [0.3, 0.4) is 0 Å². The summed E-state index contributed by atoms with van der Waals surface area (Å²) in [4.78, 5) is 16.0. The lowest BCUT2D eigenvalue weighted by Gasteiger charge is -2.21. The van der Waals surface area contributed by atoms with E-state index in [1.165, 1.54) is 0 Å². The lowest BCUT2D eigenvalue weighted by molar-refractivity contribution is -0.128. The van der Waals surface area contributed by atoms with E-state index in [-0.39, 0.29) is 29.9 Å². The molecule has 0 fully saturated rings. The fourth-order valence-electron chi connectivity index (χ4n) is 1.20. The van der Waals surface area contributed by atoms with Gasteiger partial charge in [-0.25, -0.2) is 0 Å². The highest BCUT2D eigenvalue weighted by atomic mass is 127. The number of amides is 1. The molecule has 0 heterocycles. The molecule has 0 atom stereocenters. The Labute approximate surface area is 127 Å². The number of hydrogen-bond donors (Lipinski definition) is 3. The molecule has 0 aliphatic carbocycles. The minimum Gasteiger partial charge on any atom is -0.359 e. The molecule has 0 rings (SSSR count). The van der Waals surface area contributed by atoms with Crippen LogP contribution in [0.5, 0.6) is 0 Å². The number of carbonyl (C=O) groups excluding carboxylic acids is 1. The quantitative estimate of drug-likeness (QED) is 0.285. The molecule has 0 spiro atoms. The zero-order valence-electron chi connectivity index (χ0n) is 11.7. The second-order valence-corrected chi connectivity index (χ2v) is 4.33. The van der Waals surface area contributed by atoms with Gasteiger partial charge in [-0.2, -0.15) is 0 Å². The number of guanidine groups is 1. The van der Waals surface area contributed by atoms with Crippen molar-refractivity contribution in [3.05, 3.63) is 12.7 Å². The summed E-state index contributed by atoms with van der Waals surface area (Å²) in [6.45, 7) is 11.2. The Hall–Kier alpha value is -0.790.